The number of hydrogen-bond donors (Lipinski definition) is 1. The highest BCUT2D eigenvalue weighted by Gasteiger charge is 2.41. The zero-order valence-electron chi connectivity index (χ0n) is 11.7. The third kappa shape index (κ3) is 2.98. The van der Waals surface area contributed by atoms with Crippen molar-refractivity contribution in [1.29, 1.82) is 0 Å². The average molecular weight is 293 g/mol. The topological polar surface area (TPSA) is 57.6 Å². The first-order valence-electron chi connectivity index (χ1n) is 6.78. The molecule has 108 valence electrons. The van der Waals surface area contributed by atoms with Gasteiger partial charge in [0.1, 0.15) is 6.04 Å². The van der Waals surface area contributed by atoms with Crippen molar-refractivity contribution in [1.82, 2.24) is 4.90 Å². The third-order valence-electron chi connectivity index (χ3n) is 3.45. The van der Waals surface area contributed by atoms with E-state index in [1.807, 2.05) is 26.0 Å². The minimum atomic E-state index is -0.920. The van der Waals surface area contributed by atoms with E-state index in [-0.39, 0.29) is 11.3 Å². The monoisotopic (exact) mass is 293 g/mol. The molecule has 2 rings (SSSR count). The second-order valence-corrected chi connectivity index (χ2v) is 6.22. The molecule has 4 nitrogen and oxygen atoms in total. The Kier molecular flexibility index (Phi) is 4.70. The summed E-state index contributed by atoms with van der Waals surface area (Å²) in [5.41, 5.74) is 1.64. The molecule has 5 heteroatoms. The quantitative estimate of drug-likeness (QED) is 0.927. The zero-order chi connectivity index (χ0) is 14.7. The van der Waals surface area contributed by atoms with Crippen LogP contribution in [0.4, 0.5) is 0 Å². The number of benzene rings is 1. The number of carboxylic acid groups (broad SMARTS) is 1. The third-order valence-corrected chi connectivity index (χ3v) is 4.80. The maximum absolute atomic E-state index is 12.6. The fourth-order valence-electron chi connectivity index (χ4n) is 2.34. The molecule has 1 fully saturated rings. The van der Waals surface area contributed by atoms with Crippen LogP contribution in [-0.2, 0) is 4.79 Å². The Morgan fingerprint density at radius 3 is 2.55 bits per heavy atom. The highest BCUT2D eigenvalue weighted by Crippen LogP contribution is 2.33. The molecule has 0 saturated carbocycles. The molecule has 0 aliphatic carbocycles. The van der Waals surface area contributed by atoms with Crippen molar-refractivity contribution in [3.8, 4) is 0 Å². The molecule has 2 unspecified atom stereocenters. The summed E-state index contributed by atoms with van der Waals surface area (Å²) in [5, 5.41) is 9.27. The normalized spacial score (nSPS) is 22.0. The number of carboxylic acids is 1. The van der Waals surface area contributed by atoms with E-state index in [1.165, 1.54) is 0 Å². The van der Waals surface area contributed by atoms with Crippen LogP contribution in [0.3, 0.4) is 0 Å². The smallest absolute Gasteiger partial charge is 0.327 e. The Bertz CT molecular complexity index is 500. The largest absolute Gasteiger partial charge is 0.480 e. The number of aliphatic carboxylic acids is 1. The first kappa shape index (κ1) is 14.9. The van der Waals surface area contributed by atoms with Crippen molar-refractivity contribution >= 4 is 23.6 Å². The van der Waals surface area contributed by atoms with Gasteiger partial charge < -0.3 is 10.0 Å². The lowest BCUT2D eigenvalue weighted by Gasteiger charge is -2.27. The van der Waals surface area contributed by atoms with Crippen LogP contribution in [0.2, 0.25) is 0 Å². The minimum absolute atomic E-state index is 0.0325. The van der Waals surface area contributed by atoms with E-state index in [0.717, 1.165) is 18.4 Å². The lowest BCUT2D eigenvalue weighted by atomic mass is 10.1. The van der Waals surface area contributed by atoms with Gasteiger partial charge in [0.05, 0.1) is 5.37 Å². The summed E-state index contributed by atoms with van der Waals surface area (Å²) in [4.78, 5) is 25.5. The highest BCUT2D eigenvalue weighted by atomic mass is 32.2. The lowest BCUT2D eigenvalue weighted by Crippen LogP contribution is -2.45. The summed E-state index contributed by atoms with van der Waals surface area (Å²) in [6.45, 7) is 4.00. The van der Waals surface area contributed by atoms with Crippen LogP contribution in [-0.4, -0.2) is 39.1 Å². The fraction of sp³-hybridized carbons (Fsp3) is 0.467. The first-order chi connectivity index (χ1) is 9.54. The summed E-state index contributed by atoms with van der Waals surface area (Å²) >= 11 is 1.56. The van der Waals surface area contributed by atoms with Gasteiger partial charge in [0, 0.05) is 11.3 Å². The van der Waals surface area contributed by atoms with Crippen molar-refractivity contribution in [2.24, 2.45) is 0 Å². The van der Waals surface area contributed by atoms with E-state index in [0.29, 0.717) is 11.3 Å². The molecular formula is C15H19NO3S. The zero-order valence-corrected chi connectivity index (χ0v) is 12.5. The lowest BCUT2D eigenvalue weighted by molar-refractivity contribution is -0.141. The van der Waals surface area contributed by atoms with Crippen LogP contribution < -0.4 is 0 Å². The number of thioether (sulfide) groups is 1. The van der Waals surface area contributed by atoms with E-state index < -0.39 is 12.0 Å². The maximum atomic E-state index is 12.6. The highest BCUT2D eigenvalue weighted by molar-refractivity contribution is 8.00. The molecule has 1 amide bonds. The summed E-state index contributed by atoms with van der Waals surface area (Å²) < 4.78 is 0. The molecule has 20 heavy (non-hydrogen) atoms. The van der Waals surface area contributed by atoms with Crippen LogP contribution in [0.1, 0.15) is 35.7 Å². The van der Waals surface area contributed by atoms with Gasteiger partial charge in [0.2, 0.25) is 0 Å². The molecule has 0 spiro atoms. The molecule has 1 aromatic carbocycles. The second-order valence-electron chi connectivity index (χ2n) is 5.01. The van der Waals surface area contributed by atoms with E-state index >= 15 is 0 Å². The molecule has 1 aliphatic rings. The first-order valence-corrected chi connectivity index (χ1v) is 7.83. The number of carbonyl (C=O) groups excluding carboxylic acids is 1. The van der Waals surface area contributed by atoms with Crippen molar-refractivity contribution in [2.75, 3.05) is 5.75 Å². The molecule has 1 heterocycles. The van der Waals surface area contributed by atoms with Gasteiger partial charge >= 0.3 is 5.97 Å². The summed E-state index contributed by atoms with van der Waals surface area (Å²) in [5.74, 6) is -0.630. The summed E-state index contributed by atoms with van der Waals surface area (Å²) in [6, 6.07) is 6.57. The van der Waals surface area contributed by atoms with E-state index in [1.54, 1.807) is 28.8 Å². The van der Waals surface area contributed by atoms with Crippen molar-refractivity contribution in [2.45, 2.75) is 38.1 Å². The van der Waals surface area contributed by atoms with Crippen molar-refractivity contribution in [3.63, 3.8) is 0 Å². The van der Waals surface area contributed by atoms with Crippen molar-refractivity contribution < 1.29 is 14.7 Å². The number of aryl methyl sites for hydroxylation is 1. The van der Waals surface area contributed by atoms with Crippen molar-refractivity contribution in [3.05, 3.63) is 35.4 Å². The molecule has 2 atom stereocenters. The van der Waals surface area contributed by atoms with Crippen LogP contribution in [0.15, 0.2) is 24.3 Å². The predicted molar refractivity (Wildman–Crippen MR) is 79.9 cm³/mol. The number of amides is 1. The molecule has 0 radical (unpaired) electrons. The van der Waals surface area contributed by atoms with E-state index in [9.17, 15) is 14.7 Å². The molecular weight excluding hydrogens is 274 g/mol. The Hall–Kier alpha value is -1.49. The molecule has 1 N–H and O–H groups in total. The van der Waals surface area contributed by atoms with Gasteiger partial charge in [0.25, 0.3) is 5.91 Å². The number of hydrogen-bond acceptors (Lipinski definition) is 3. The molecule has 0 bridgehead atoms. The predicted octanol–water partition coefficient (Wildman–Crippen LogP) is 2.76. The van der Waals surface area contributed by atoms with Crippen LogP contribution >= 0.6 is 11.8 Å². The average Bonchev–Trinajstić information content (AvgIpc) is 2.83. The minimum Gasteiger partial charge on any atom is -0.480 e. The SMILES string of the molecule is CCCC1SCC(C(=O)O)N1C(=O)c1ccc(C)cc1. The van der Waals surface area contributed by atoms with Gasteiger partial charge in [-0.05, 0) is 25.5 Å². The van der Waals surface area contributed by atoms with Crippen LogP contribution in [0, 0.1) is 6.92 Å². The van der Waals surface area contributed by atoms with E-state index in [4.69, 9.17) is 0 Å². The van der Waals surface area contributed by atoms with Gasteiger partial charge in [-0.15, -0.1) is 11.8 Å². The van der Waals surface area contributed by atoms with Crippen LogP contribution in [0.5, 0.6) is 0 Å². The Balaban J connectivity index is 2.26. The number of nitrogens with zero attached hydrogens (tertiary/aromatic N) is 1. The summed E-state index contributed by atoms with van der Waals surface area (Å²) in [7, 11) is 0. The van der Waals surface area contributed by atoms with Gasteiger partial charge in [0.15, 0.2) is 0 Å². The van der Waals surface area contributed by atoms with Gasteiger partial charge in [-0.25, -0.2) is 4.79 Å². The molecule has 1 saturated heterocycles. The second kappa shape index (κ2) is 6.31. The Labute approximate surface area is 123 Å². The van der Waals surface area contributed by atoms with Crippen LogP contribution in [0.25, 0.3) is 0 Å². The Morgan fingerprint density at radius 2 is 2.00 bits per heavy atom. The van der Waals surface area contributed by atoms with Gasteiger partial charge in [-0.1, -0.05) is 31.0 Å². The molecule has 1 aromatic rings. The van der Waals surface area contributed by atoms with E-state index in [2.05, 4.69) is 0 Å². The molecule has 0 aromatic heterocycles. The van der Waals surface area contributed by atoms with Gasteiger partial charge in [-0.3, -0.25) is 4.79 Å². The fourth-order valence-corrected chi connectivity index (χ4v) is 3.85. The Morgan fingerprint density at radius 1 is 1.35 bits per heavy atom. The standard InChI is InChI=1S/C15H19NO3S/c1-3-4-13-16(12(9-20-13)15(18)19)14(17)11-7-5-10(2)6-8-11/h5-8,12-13H,3-4,9H2,1-2H3,(H,18,19). The number of carbonyl (C=O) groups is 2. The summed E-state index contributed by atoms with van der Waals surface area (Å²) in [6.07, 6.45) is 1.76. The number of rotatable bonds is 4. The maximum Gasteiger partial charge on any atom is 0.327 e. The molecule has 1 aliphatic heterocycles. The van der Waals surface area contributed by atoms with Gasteiger partial charge in [-0.2, -0.15) is 0 Å².